The van der Waals surface area contributed by atoms with Gasteiger partial charge in [-0.1, -0.05) is 12.1 Å². The van der Waals surface area contributed by atoms with Crippen LogP contribution >= 0.6 is 0 Å². The summed E-state index contributed by atoms with van der Waals surface area (Å²) in [5.74, 6) is -0.190. The van der Waals surface area contributed by atoms with Crippen molar-refractivity contribution in [2.75, 3.05) is 25.1 Å². The Kier molecular flexibility index (Phi) is 3.97. The molecule has 0 aromatic heterocycles. The van der Waals surface area contributed by atoms with Gasteiger partial charge in [0.05, 0.1) is 11.8 Å². The standard InChI is InChI=1S/C13H19FN2O/c1-17-11-5-3-7-16(9-11)13-10(8-15)4-2-6-12(13)14/h2,4,6,11H,3,5,7-9,15H2,1H3. The predicted molar refractivity (Wildman–Crippen MR) is 66.5 cm³/mol. The van der Waals surface area contributed by atoms with Gasteiger partial charge in [-0.2, -0.15) is 0 Å². The highest BCUT2D eigenvalue weighted by Gasteiger charge is 2.23. The molecule has 1 heterocycles. The maximum absolute atomic E-state index is 13.9. The minimum absolute atomic E-state index is 0.189. The molecule has 0 bridgehead atoms. The number of nitrogens with two attached hydrogens (primary N) is 1. The number of hydrogen-bond acceptors (Lipinski definition) is 3. The molecule has 0 amide bonds. The first-order valence-corrected chi connectivity index (χ1v) is 6.01. The molecule has 0 radical (unpaired) electrons. The molecule has 94 valence electrons. The summed E-state index contributed by atoms with van der Waals surface area (Å²) in [5, 5.41) is 0. The van der Waals surface area contributed by atoms with Crippen molar-refractivity contribution in [2.24, 2.45) is 5.73 Å². The topological polar surface area (TPSA) is 38.5 Å². The molecule has 1 aromatic rings. The van der Waals surface area contributed by atoms with Crippen molar-refractivity contribution < 1.29 is 9.13 Å². The summed E-state index contributed by atoms with van der Waals surface area (Å²) in [6.07, 6.45) is 2.25. The zero-order valence-corrected chi connectivity index (χ0v) is 10.2. The van der Waals surface area contributed by atoms with Gasteiger partial charge in [-0.3, -0.25) is 0 Å². The quantitative estimate of drug-likeness (QED) is 0.874. The van der Waals surface area contributed by atoms with E-state index in [1.807, 2.05) is 6.07 Å². The average molecular weight is 238 g/mol. The smallest absolute Gasteiger partial charge is 0.146 e. The van der Waals surface area contributed by atoms with E-state index in [0.717, 1.165) is 31.5 Å². The second-order valence-electron chi connectivity index (χ2n) is 4.40. The molecule has 4 heteroatoms. The van der Waals surface area contributed by atoms with E-state index in [0.29, 0.717) is 12.2 Å². The first-order chi connectivity index (χ1) is 8.26. The number of methoxy groups -OCH3 is 1. The number of benzene rings is 1. The fraction of sp³-hybridized carbons (Fsp3) is 0.538. The SMILES string of the molecule is COC1CCCN(c2c(F)cccc2CN)C1. The Morgan fingerprint density at radius 3 is 3.06 bits per heavy atom. The van der Waals surface area contributed by atoms with Crippen molar-refractivity contribution in [1.29, 1.82) is 0 Å². The summed E-state index contributed by atoms with van der Waals surface area (Å²) in [4.78, 5) is 2.05. The van der Waals surface area contributed by atoms with E-state index >= 15 is 0 Å². The third kappa shape index (κ3) is 2.58. The van der Waals surface area contributed by atoms with E-state index < -0.39 is 0 Å². The molecule has 2 N–H and O–H groups in total. The zero-order chi connectivity index (χ0) is 12.3. The normalized spacial score (nSPS) is 20.6. The Balaban J connectivity index is 2.26. The van der Waals surface area contributed by atoms with Gasteiger partial charge in [-0.05, 0) is 24.5 Å². The third-order valence-corrected chi connectivity index (χ3v) is 3.32. The maximum atomic E-state index is 13.9. The van der Waals surface area contributed by atoms with Crippen LogP contribution in [0.1, 0.15) is 18.4 Å². The number of hydrogen-bond donors (Lipinski definition) is 1. The van der Waals surface area contributed by atoms with Crippen LogP contribution in [0, 0.1) is 5.82 Å². The Morgan fingerprint density at radius 1 is 1.53 bits per heavy atom. The summed E-state index contributed by atoms with van der Waals surface area (Å²) < 4.78 is 19.3. The minimum Gasteiger partial charge on any atom is -0.380 e. The fourth-order valence-corrected chi connectivity index (χ4v) is 2.41. The summed E-state index contributed by atoms with van der Waals surface area (Å²) >= 11 is 0. The van der Waals surface area contributed by atoms with Crippen LogP contribution < -0.4 is 10.6 Å². The van der Waals surface area contributed by atoms with E-state index in [4.69, 9.17) is 10.5 Å². The molecule has 17 heavy (non-hydrogen) atoms. The third-order valence-electron chi connectivity index (χ3n) is 3.32. The predicted octanol–water partition coefficient (Wildman–Crippen LogP) is 1.90. The van der Waals surface area contributed by atoms with Crippen molar-refractivity contribution in [1.82, 2.24) is 0 Å². The monoisotopic (exact) mass is 238 g/mol. The average Bonchev–Trinajstić information content (AvgIpc) is 2.38. The molecular formula is C13H19FN2O. The molecule has 0 saturated carbocycles. The first-order valence-electron chi connectivity index (χ1n) is 6.01. The molecule has 0 spiro atoms. The van der Waals surface area contributed by atoms with Crippen LogP contribution in [0.25, 0.3) is 0 Å². The van der Waals surface area contributed by atoms with Gasteiger partial charge >= 0.3 is 0 Å². The van der Waals surface area contributed by atoms with Gasteiger partial charge in [0.25, 0.3) is 0 Å². The summed E-state index contributed by atoms with van der Waals surface area (Å²) in [6.45, 7) is 1.97. The van der Waals surface area contributed by atoms with Gasteiger partial charge in [-0.15, -0.1) is 0 Å². The maximum Gasteiger partial charge on any atom is 0.146 e. The number of piperidine rings is 1. The lowest BCUT2D eigenvalue weighted by atomic mass is 10.0. The molecule has 0 aliphatic carbocycles. The lowest BCUT2D eigenvalue weighted by Gasteiger charge is -2.34. The Labute approximate surface area is 101 Å². The van der Waals surface area contributed by atoms with Gasteiger partial charge in [0, 0.05) is 26.7 Å². The highest BCUT2D eigenvalue weighted by atomic mass is 19.1. The van der Waals surface area contributed by atoms with Crippen LogP contribution in [-0.2, 0) is 11.3 Å². The molecule has 1 atom stereocenters. The molecule has 3 nitrogen and oxygen atoms in total. The molecule has 1 aliphatic heterocycles. The van der Waals surface area contributed by atoms with Crippen LogP contribution in [0.4, 0.5) is 10.1 Å². The highest BCUT2D eigenvalue weighted by molar-refractivity contribution is 5.55. The molecular weight excluding hydrogens is 219 g/mol. The van der Waals surface area contributed by atoms with Crippen LogP contribution in [-0.4, -0.2) is 26.3 Å². The van der Waals surface area contributed by atoms with Crippen molar-refractivity contribution in [3.63, 3.8) is 0 Å². The molecule has 2 rings (SSSR count). The van der Waals surface area contributed by atoms with Crippen LogP contribution in [0.3, 0.4) is 0 Å². The van der Waals surface area contributed by atoms with E-state index in [1.54, 1.807) is 13.2 Å². The molecule has 1 aliphatic rings. The molecule has 1 saturated heterocycles. The molecule has 1 aromatic carbocycles. The van der Waals surface area contributed by atoms with Crippen molar-refractivity contribution >= 4 is 5.69 Å². The van der Waals surface area contributed by atoms with E-state index in [1.165, 1.54) is 6.07 Å². The Morgan fingerprint density at radius 2 is 2.35 bits per heavy atom. The second kappa shape index (κ2) is 5.47. The number of rotatable bonds is 3. The number of anilines is 1. The zero-order valence-electron chi connectivity index (χ0n) is 10.2. The van der Waals surface area contributed by atoms with E-state index in [2.05, 4.69) is 4.90 Å². The largest absolute Gasteiger partial charge is 0.380 e. The minimum atomic E-state index is -0.190. The van der Waals surface area contributed by atoms with Gasteiger partial charge < -0.3 is 15.4 Å². The Bertz CT molecular complexity index is 384. The van der Waals surface area contributed by atoms with Crippen molar-refractivity contribution in [3.05, 3.63) is 29.6 Å². The van der Waals surface area contributed by atoms with Crippen molar-refractivity contribution in [2.45, 2.75) is 25.5 Å². The number of halogens is 1. The lowest BCUT2D eigenvalue weighted by Crippen LogP contribution is -2.40. The fourth-order valence-electron chi connectivity index (χ4n) is 2.41. The summed E-state index contributed by atoms with van der Waals surface area (Å²) in [5.41, 5.74) is 7.18. The summed E-state index contributed by atoms with van der Waals surface area (Å²) in [6, 6.07) is 5.08. The van der Waals surface area contributed by atoms with E-state index in [9.17, 15) is 4.39 Å². The van der Waals surface area contributed by atoms with Gasteiger partial charge in [0.15, 0.2) is 0 Å². The number of para-hydroxylation sites is 1. The van der Waals surface area contributed by atoms with Crippen molar-refractivity contribution in [3.8, 4) is 0 Å². The Hall–Kier alpha value is -1.13. The van der Waals surface area contributed by atoms with Gasteiger partial charge in [0.2, 0.25) is 0 Å². The molecule has 1 fully saturated rings. The van der Waals surface area contributed by atoms with Gasteiger partial charge in [-0.25, -0.2) is 4.39 Å². The van der Waals surface area contributed by atoms with Gasteiger partial charge in [0.1, 0.15) is 5.82 Å². The highest BCUT2D eigenvalue weighted by Crippen LogP contribution is 2.27. The molecule has 1 unspecified atom stereocenters. The summed E-state index contributed by atoms with van der Waals surface area (Å²) in [7, 11) is 1.71. The lowest BCUT2D eigenvalue weighted by molar-refractivity contribution is 0.0891. The van der Waals surface area contributed by atoms with Crippen LogP contribution in [0.2, 0.25) is 0 Å². The number of nitrogens with zero attached hydrogens (tertiary/aromatic N) is 1. The van der Waals surface area contributed by atoms with Crippen LogP contribution in [0.15, 0.2) is 18.2 Å². The van der Waals surface area contributed by atoms with E-state index in [-0.39, 0.29) is 11.9 Å². The number of ether oxygens (including phenoxy) is 1. The van der Waals surface area contributed by atoms with Crippen LogP contribution in [0.5, 0.6) is 0 Å². The first kappa shape index (κ1) is 12.3. The second-order valence-corrected chi connectivity index (χ2v) is 4.40.